The molecule has 0 fully saturated rings. The zero-order valence-corrected chi connectivity index (χ0v) is 7.22. The van der Waals surface area contributed by atoms with Crippen molar-refractivity contribution < 1.29 is 4.84 Å². The Kier molecular flexibility index (Phi) is 1.73. The molecule has 60 valence electrons. The highest BCUT2D eigenvalue weighted by atomic mass is 16.7. The van der Waals surface area contributed by atoms with Crippen molar-refractivity contribution in [3.8, 4) is 0 Å². The van der Waals surface area contributed by atoms with Crippen LogP contribution < -0.4 is 0 Å². The quantitative estimate of drug-likeness (QED) is 0.518. The summed E-state index contributed by atoms with van der Waals surface area (Å²) in [5.74, 6) is 0. The third kappa shape index (κ3) is 1.95. The van der Waals surface area contributed by atoms with E-state index >= 15 is 0 Å². The number of rotatable bonds is 0. The van der Waals surface area contributed by atoms with Crippen LogP contribution in [0.5, 0.6) is 0 Å². The van der Waals surface area contributed by atoms with Gasteiger partial charge in [-0.2, -0.15) is 0 Å². The van der Waals surface area contributed by atoms with Gasteiger partial charge in [-0.1, -0.05) is 25.9 Å². The molecule has 0 unspecified atom stereocenters. The fraction of sp³-hybridized carbons (Fsp3) is 0.667. The van der Waals surface area contributed by atoms with Crippen LogP contribution in [0.25, 0.3) is 0 Å². The summed E-state index contributed by atoms with van der Waals surface area (Å²) in [7, 11) is 0. The summed E-state index contributed by atoms with van der Waals surface area (Å²) in [6.45, 7) is 17.2. The van der Waals surface area contributed by atoms with Crippen molar-refractivity contribution in [3.05, 3.63) is 13.8 Å². The first-order chi connectivity index (χ1) is 4.81. The molecule has 1 aliphatic heterocycles. The molecule has 0 bridgehead atoms. The van der Waals surface area contributed by atoms with Crippen molar-refractivity contribution in [2.45, 2.75) is 32.8 Å². The fourth-order valence-corrected chi connectivity index (χ4v) is 0.868. The zero-order chi connectivity index (χ0) is 8.70. The van der Waals surface area contributed by atoms with Crippen molar-refractivity contribution in [3.63, 3.8) is 0 Å². The standard InChI is InChI=1S/C9H13NO/c1-8(2,3)7-6-9(4,5)11-10-7/h4-5H,6H2,1-3H3. The van der Waals surface area contributed by atoms with Crippen molar-refractivity contribution in [2.24, 2.45) is 10.6 Å². The molecular weight excluding hydrogens is 138 g/mol. The second kappa shape index (κ2) is 2.23. The molecule has 4 radical (unpaired) electrons. The first-order valence-electron chi connectivity index (χ1n) is 3.64. The maximum atomic E-state index is 5.51. The largest absolute Gasteiger partial charge is 0.388 e. The summed E-state index contributed by atoms with van der Waals surface area (Å²) in [5.41, 5.74) is -0.161. The van der Waals surface area contributed by atoms with Gasteiger partial charge in [0.25, 0.3) is 0 Å². The van der Waals surface area contributed by atoms with Gasteiger partial charge in [0.15, 0.2) is 0 Å². The fourth-order valence-electron chi connectivity index (χ4n) is 0.868. The summed E-state index contributed by atoms with van der Waals surface area (Å²) in [6, 6.07) is 0. The van der Waals surface area contributed by atoms with Crippen LogP contribution in [0.3, 0.4) is 0 Å². The highest BCUT2D eigenvalue weighted by Crippen LogP contribution is 2.30. The molecule has 0 aromatic carbocycles. The molecule has 11 heavy (non-hydrogen) atoms. The lowest BCUT2D eigenvalue weighted by atomic mass is 9.84. The molecule has 1 rings (SSSR count). The summed E-state index contributed by atoms with van der Waals surface area (Å²) in [6.07, 6.45) is 0.510. The van der Waals surface area contributed by atoms with Gasteiger partial charge < -0.3 is 4.84 Å². The average molecular weight is 151 g/mol. The molecule has 2 nitrogen and oxygen atoms in total. The molecule has 2 heteroatoms. The van der Waals surface area contributed by atoms with E-state index in [-0.39, 0.29) is 5.41 Å². The van der Waals surface area contributed by atoms with Crippen LogP contribution >= 0.6 is 0 Å². The van der Waals surface area contributed by atoms with Crippen LogP contribution in [0, 0.1) is 19.3 Å². The van der Waals surface area contributed by atoms with E-state index in [4.69, 9.17) is 18.7 Å². The van der Waals surface area contributed by atoms with Gasteiger partial charge in [-0.15, -0.1) is 0 Å². The summed E-state index contributed by atoms with van der Waals surface area (Å²) >= 11 is 0. The number of oxime groups is 1. The van der Waals surface area contributed by atoms with Gasteiger partial charge in [-0.25, -0.2) is 0 Å². The van der Waals surface area contributed by atoms with Gasteiger partial charge in [0, 0.05) is 25.7 Å². The molecule has 0 amide bonds. The molecule has 1 aliphatic rings. The summed E-state index contributed by atoms with van der Waals surface area (Å²) in [5, 5.41) is 3.83. The predicted octanol–water partition coefficient (Wildman–Crippen LogP) is 1.97. The van der Waals surface area contributed by atoms with Gasteiger partial charge in [0.05, 0.1) is 5.71 Å². The van der Waals surface area contributed by atoms with E-state index in [0.29, 0.717) is 6.42 Å². The van der Waals surface area contributed by atoms with E-state index in [1.807, 2.05) is 0 Å². The van der Waals surface area contributed by atoms with E-state index in [2.05, 4.69) is 25.9 Å². The Balaban J connectivity index is 2.68. The molecular formula is C9H13NO. The van der Waals surface area contributed by atoms with E-state index in [9.17, 15) is 0 Å². The first-order valence-corrected chi connectivity index (χ1v) is 3.64. The Bertz CT molecular complexity index is 186. The normalized spacial score (nSPS) is 22.8. The van der Waals surface area contributed by atoms with E-state index in [0.717, 1.165) is 5.71 Å². The van der Waals surface area contributed by atoms with Gasteiger partial charge >= 0.3 is 0 Å². The summed E-state index contributed by atoms with van der Waals surface area (Å²) in [4.78, 5) is 4.82. The number of nitrogens with zero attached hydrogens (tertiary/aromatic N) is 1. The molecule has 0 aliphatic carbocycles. The lowest BCUT2D eigenvalue weighted by molar-refractivity contribution is 0.0548. The van der Waals surface area contributed by atoms with Crippen LogP contribution in [0.15, 0.2) is 5.16 Å². The molecule has 0 atom stereocenters. The Morgan fingerprint density at radius 1 is 1.45 bits per heavy atom. The smallest absolute Gasteiger partial charge is 0.150 e. The Hall–Kier alpha value is -0.530. The zero-order valence-electron chi connectivity index (χ0n) is 7.22. The van der Waals surface area contributed by atoms with Gasteiger partial charge in [-0.3, -0.25) is 0 Å². The minimum atomic E-state index is -1.08. The van der Waals surface area contributed by atoms with Crippen LogP contribution in [0.2, 0.25) is 0 Å². The maximum absolute atomic E-state index is 5.51. The predicted molar refractivity (Wildman–Crippen MR) is 43.9 cm³/mol. The van der Waals surface area contributed by atoms with E-state index in [1.54, 1.807) is 0 Å². The van der Waals surface area contributed by atoms with Gasteiger partial charge in [-0.05, 0) is 0 Å². The van der Waals surface area contributed by atoms with Crippen LogP contribution in [-0.2, 0) is 4.84 Å². The van der Waals surface area contributed by atoms with Gasteiger partial charge in [0.1, 0.15) is 5.60 Å². The topological polar surface area (TPSA) is 21.6 Å². The molecule has 0 spiro atoms. The number of hydrogen-bond donors (Lipinski definition) is 0. The first kappa shape index (κ1) is 8.57. The molecule has 0 saturated heterocycles. The molecule has 0 N–H and O–H groups in total. The molecule has 1 heterocycles. The highest BCUT2D eigenvalue weighted by molar-refractivity contribution is 5.90. The molecule has 0 aromatic rings. The Morgan fingerprint density at radius 3 is 2.18 bits per heavy atom. The summed E-state index contributed by atoms with van der Waals surface area (Å²) < 4.78 is 0. The third-order valence-electron chi connectivity index (χ3n) is 1.64. The molecule has 0 aromatic heterocycles. The lowest BCUT2D eigenvalue weighted by Crippen LogP contribution is -2.25. The number of hydrogen-bond acceptors (Lipinski definition) is 2. The minimum absolute atomic E-state index is 0.000486. The maximum Gasteiger partial charge on any atom is 0.150 e. The van der Waals surface area contributed by atoms with E-state index in [1.165, 1.54) is 0 Å². The molecule has 0 saturated carbocycles. The van der Waals surface area contributed by atoms with Gasteiger partial charge in [0.2, 0.25) is 0 Å². The van der Waals surface area contributed by atoms with Crippen LogP contribution in [-0.4, -0.2) is 11.3 Å². The SMILES string of the molecule is [CH]C1([CH])CC(C(C)(C)C)=NO1. The Morgan fingerprint density at radius 2 is 2.00 bits per heavy atom. The monoisotopic (exact) mass is 151 g/mol. The third-order valence-corrected chi connectivity index (χ3v) is 1.64. The minimum Gasteiger partial charge on any atom is -0.388 e. The Labute approximate surface area is 68.6 Å². The second-order valence-electron chi connectivity index (χ2n) is 4.01. The van der Waals surface area contributed by atoms with Crippen LogP contribution in [0.4, 0.5) is 0 Å². The van der Waals surface area contributed by atoms with Crippen molar-refractivity contribution >= 4 is 5.71 Å². The second-order valence-corrected chi connectivity index (χ2v) is 4.01. The van der Waals surface area contributed by atoms with Crippen molar-refractivity contribution in [1.29, 1.82) is 0 Å². The van der Waals surface area contributed by atoms with Crippen molar-refractivity contribution in [1.82, 2.24) is 0 Å². The van der Waals surface area contributed by atoms with Crippen molar-refractivity contribution in [2.75, 3.05) is 0 Å². The lowest BCUT2D eigenvalue weighted by Gasteiger charge is -2.18. The van der Waals surface area contributed by atoms with E-state index < -0.39 is 5.60 Å². The highest BCUT2D eigenvalue weighted by Gasteiger charge is 2.35. The van der Waals surface area contributed by atoms with Crippen LogP contribution in [0.1, 0.15) is 27.2 Å². The average Bonchev–Trinajstić information content (AvgIpc) is 2.07.